The van der Waals surface area contributed by atoms with Crippen molar-refractivity contribution < 1.29 is 14.3 Å². The van der Waals surface area contributed by atoms with Gasteiger partial charge in [-0.1, -0.05) is 0 Å². The van der Waals surface area contributed by atoms with Crippen LogP contribution in [0.5, 0.6) is 0 Å². The lowest BCUT2D eigenvalue weighted by Crippen LogP contribution is -2.46. The summed E-state index contributed by atoms with van der Waals surface area (Å²) < 4.78 is 7.21. The van der Waals surface area contributed by atoms with E-state index in [1.165, 1.54) is 0 Å². The highest BCUT2D eigenvalue weighted by Crippen LogP contribution is 2.25. The van der Waals surface area contributed by atoms with E-state index < -0.39 is 0 Å². The van der Waals surface area contributed by atoms with Gasteiger partial charge in [0.1, 0.15) is 0 Å². The number of ether oxygens (including phenoxy) is 1. The Hall–Kier alpha value is -1.85. The maximum atomic E-state index is 12.8. The average Bonchev–Trinajstić information content (AvgIpc) is 3.02. The van der Waals surface area contributed by atoms with Gasteiger partial charge in [0.25, 0.3) is 0 Å². The molecule has 0 spiro atoms. The van der Waals surface area contributed by atoms with E-state index in [0.717, 1.165) is 44.5 Å². The quantitative estimate of drug-likeness (QED) is 0.788. The van der Waals surface area contributed by atoms with Crippen molar-refractivity contribution in [3.8, 4) is 0 Å². The Labute approximate surface area is 130 Å². The molecular formula is C16H23N3O3. The van der Waals surface area contributed by atoms with Crippen LogP contribution in [0.4, 0.5) is 0 Å². The first-order chi connectivity index (χ1) is 10.7. The monoisotopic (exact) mass is 305 g/mol. The number of piperidine rings is 1. The predicted molar refractivity (Wildman–Crippen MR) is 80.0 cm³/mol. The molecule has 120 valence electrons. The van der Waals surface area contributed by atoms with E-state index in [1.54, 1.807) is 0 Å². The van der Waals surface area contributed by atoms with Crippen molar-refractivity contribution in [2.24, 2.45) is 11.8 Å². The molecule has 1 amide bonds. The molecule has 6 heteroatoms. The first kappa shape index (κ1) is 15.1. The number of hydrogen-bond acceptors (Lipinski definition) is 4. The molecule has 1 aromatic heterocycles. The molecule has 1 saturated heterocycles. The zero-order valence-electron chi connectivity index (χ0n) is 13.0. The van der Waals surface area contributed by atoms with E-state index in [-0.39, 0.29) is 23.7 Å². The van der Waals surface area contributed by atoms with Crippen LogP contribution in [0.1, 0.15) is 31.9 Å². The molecule has 2 unspecified atom stereocenters. The van der Waals surface area contributed by atoms with Gasteiger partial charge in [-0.15, -0.1) is 0 Å². The van der Waals surface area contributed by atoms with E-state index in [4.69, 9.17) is 4.74 Å². The number of carbonyl (C=O) groups is 2. The molecule has 1 aromatic rings. The second-order valence-corrected chi connectivity index (χ2v) is 6.14. The van der Waals surface area contributed by atoms with Gasteiger partial charge in [-0.25, -0.2) is 4.98 Å². The van der Waals surface area contributed by atoms with E-state index in [0.29, 0.717) is 13.2 Å². The molecule has 0 saturated carbocycles. The van der Waals surface area contributed by atoms with Crippen molar-refractivity contribution in [2.75, 3.05) is 19.7 Å². The maximum Gasteiger partial charge on any atom is 0.310 e. The Morgan fingerprint density at radius 3 is 3.00 bits per heavy atom. The van der Waals surface area contributed by atoms with Gasteiger partial charge in [0.2, 0.25) is 5.91 Å². The number of amides is 1. The molecule has 0 aliphatic carbocycles. The summed E-state index contributed by atoms with van der Waals surface area (Å²) in [6, 6.07) is 0. The lowest BCUT2D eigenvalue weighted by Gasteiger charge is -2.35. The van der Waals surface area contributed by atoms with Gasteiger partial charge in [0.15, 0.2) is 0 Å². The summed E-state index contributed by atoms with van der Waals surface area (Å²) in [5, 5.41) is 0. The smallest absolute Gasteiger partial charge is 0.310 e. The summed E-state index contributed by atoms with van der Waals surface area (Å²) >= 11 is 0. The van der Waals surface area contributed by atoms with Crippen LogP contribution in [-0.2, 0) is 27.3 Å². The molecule has 0 aromatic carbocycles. The normalized spacial score (nSPS) is 24.7. The standard InChI is InChI=1S/C16H23N3O3/c1-2-22-16(21)13-4-3-6-18(10-13)15(20)12-5-7-19-11-17-9-14(19)8-12/h9,11-13H,2-8,10H2,1H3. The number of nitrogens with zero attached hydrogens (tertiary/aromatic N) is 3. The predicted octanol–water partition coefficient (Wildman–Crippen LogP) is 1.25. The first-order valence-corrected chi connectivity index (χ1v) is 8.13. The number of aryl methyl sites for hydroxylation is 1. The molecule has 22 heavy (non-hydrogen) atoms. The van der Waals surface area contributed by atoms with E-state index >= 15 is 0 Å². The maximum absolute atomic E-state index is 12.8. The van der Waals surface area contributed by atoms with Gasteiger partial charge >= 0.3 is 5.97 Å². The highest BCUT2D eigenvalue weighted by Gasteiger charge is 2.33. The first-order valence-electron chi connectivity index (χ1n) is 8.13. The number of likely N-dealkylation sites (tertiary alicyclic amines) is 1. The summed E-state index contributed by atoms with van der Waals surface area (Å²) in [7, 11) is 0. The lowest BCUT2D eigenvalue weighted by atomic mass is 9.92. The SMILES string of the molecule is CCOC(=O)C1CCCN(C(=O)C2CCn3cncc3C2)C1. The third-order valence-corrected chi connectivity index (χ3v) is 4.67. The number of aromatic nitrogens is 2. The molecular weight excluding hydrogens is 282 g/mol. The number of hydrogen-bond donors (Lipinski definition) is 0. The van der Waals surface area contributed by atoms with E-state index in [2.05, 4.69) is 9.55 Å². The summed E-state index contributed by atoms with van der Waals surface area (Å²) in [6.45, 7) is 4.32. The molecule has 2 aliphatic heterocycles. The van der Waals surface area contributed by atoms with Gasteiger partial charge in [0.05, 0.1) is 18.9 Å². The zero-order chi connectivity index (χ0) is 15.5. The molecule has 0 bridgehead atoms. The molecule has 0 N–H and O–H groups in total. The molecule has 1 fully saturated rings. The number of imidazole rings is 1. The molecule has 0 radical (unpaired) electrons. The Kier molecular flexibility index (Phi) is 4.45. The Bertz CT molecular complexity index is 555. The van der Waals surface area contributed by atoms with Gasteiger partial charge in [-0.3, -0.25) is 9.59 Å². The second-order valence-electron chi connectivity index (χ2n) is 6.14. The largest absolute Gasteiger partial charge is 0.466 e. The fourth-order valence-corrected chi connectivity index (χ4v) is 3.47. The number of fused-ring (bicyclic) bond motifs is 1. The summed E-state index contributed by atoms with van der Waals surface area (Å²) in [6.07, 6.45) is 6.97. The van der Waals surface area contributed by atoms with Crippen LogP contribution in [0.15, 0.2) is 12.5 Å². The Morgan fingerprint density at radius 1 is 1.32 bits per heavy atom. The highest BCUT2D eigenvalue weighted by molar-refractivity contribution is 5.80. The minimum Gasteiger partial charge on any atom is -0.466 e. The van der Waals surface area contributed by atoms with Crippen molar-refractivity contribution in [3.05, 3.63) is 18.2 Å². The molecule has 6 nitrogen and oxygen atoms in total. The van der Waals surface area contributed by atoms with Crippen LogP contribution in [0.2, 0.25) is 0 Å². The van der Waals surface area contributed by atoms with Gasteiger partial charge < -0.3 is 14.2 Å². The Balaban J connectivity index is 1.61. The van der Waals surface area contributed by atoms with Gasteiger partial charge in [0, 0.05) is 43.9 Å². The highest BCUT2D eigenvalue weighted by atomic mass is 16.5. The van der Waals surface area contributed by atoms with Crippen molar-refractivity contribution >= 4 is 11.9 Å². The Morgan fingerprint density at radius 2 is 2.18 bits per heavy atom. The number of esters is 1. The van der Waals surface area contributed by atoms with Gasteiger partial charge in [-0.2, -0.15) is 0 Å². The van der Waals surface area contributed by atoms with E-state index in [9.17, 15) is 9.59 Å². The lowest BCUT2D eigenvalue weighted by molar-refractivity contribution is -0.152. The minimum atomic E-state index is -0.165. The van der Waals surface area contributed by atoms with Crippen LogP contribution in [0.3, 0.4) is 0 Å². The van der Waals surface area contributed by atoms with Crippen molar-refractivity contribution in [1.82, 2.24) is 14.5 Å². The fraction of sp³-hybridized carbons (Fsp3) is 0.688. The van der Waals surface area contributed by atoms with Crippen LogP contribution >= 0.6 is 0 Å². The fourth-order valence-electron chi connectivity index (χ4n) is 3.47. The minimum absolute atomic E-state index is 0.0187. The van der Waals surface area contributed by atoms with Crippen molar-refractivity contribution in [1.29, 1.82) is 0 Å². The van der Waals surface area contributed by atoms with Crippen LogP contribution in [0.25, 0.3) is 0 Å². The summed E-state index contributed by atoms with van der Waals surface area (Å²) in [5.74, 6) is -0.125. The second kappa shape index (κ2) is 6.50. The molecule has 2 aliphatic rings. The third-order valence-electron chi connectivity index (χ3n) is 4.67. The van der Waals surface area contributed by atoms with Crippen molar-refractivity contribution in [2.45, 2.75) is 39.2 Å². The number of carbonyl (C=O) groups excluding carboxylic acids is 2. The van der Waals surface area contributed by atoms with Crippen LogP contribution in [-0.4, -0.2) is 46.0 Å². The third kappa shape index (κ3) is 3.00. The zero-order valence-corrected chi connectivity index (χ0v) is 13.0. The number of rotatable bonds is 3. The summed E-state index contributed by atoms with van der Waals surface area (Å²) in [5.41, 5.74) is 1.13. The molecule has 3 heterocycles. The summed E-state index contributed by atoms with van der Waals surface area (Å²) in [4.78, 5) is 30.7. The average molecular weight is 305 g/mol. The van der Waals surface area contributed by atoms with Crippen LogP contribution in [0, 0.1) is 11.8 Å². The molecule has 2 atom stereocenters. The molecule has 3 rings (SSSR count). The van der Waals surface area contributed by atoms with Crippen molar-refractivity contribution in [3.63, 3.8) is 0 Å². The van der Waals surface area contributed by atoms with E-state index in [1.807, 2.05) is 24.3 Å². The van der Waals surface area contributed by atoms with Crippen LogP contribution < -0.4 is 0 Å². The van der Waals surface area contributed by atoms with Gasteiger partial charge in [-0.05, 0) is 26.2 Å². The topological polar surface area (TPSA) is 64.4 Å².